The smallest absolute Gasteiger partial charge is 0.255 e. The molecule has 206 valence electrons. The normalized spacial score (nSPS) is 16.0. The number of hydrogen-bond acceptors (Lipinski definition) is 2. The number of carbonyl (C=O) groups excluding carboxylic acids is 2. The number of nitrogens with zero attached hydrogens (tertiary/aromatic N) is 2. The maximum atomic E-state index is 14.4. The van der Waals surface area contributed by atoms with Crippen LogP contribution < -0.4 is 5.32 Å². The first-order valence-electron chi connectivity index (χ1n) is 14.3. The third-order valence-corrected chi connectivity index (χ3v) is 8.54. The van der Waals surface area contributed by atoms with Crippen molar-refractivity contribution >= 4 is 28.4 Å². The minimum Gasteiger partial charge on any atom is -0.343 e. The molecule has 0 bridgehead atoms. The lowest BCUT2D eigenvalue weighted by Crippen LogP contribution is -2.50. The summed E-state index contributed by atoms with van der Waals surface area (Å²) in [6.45, 7) is 6.22. The standard InChI is InChI=1S/C36H35N3O2/c1-5-24(3)32(35(40)37-26-13-7-6-8-14-26)39-34(27-15-9-10-16-28(27)36(39)41)31-29-17-11-12-18-30(29)38(4)33(31)25-21-19-23(2)20-22-25/h6-22,24,32,34H,5H2,1-4H3,(H,37,40). The zero-order valence-electron chi connectivity index (χ0n) is 24.0. The Morgan fingerprint density at radius 1 is 0.878 bits per heavy atom. The van der Waals surface area contributed by atoms with E-state index in [-0.39, 0.29) is 17.7 Å². The van der Waals surface area contributed by atoms with Gasteiger partial charge in [-0.1, -0.05) is 105 Å². The van der Waals surface area contributed by atoms with Crippen LogP contribution in [0, 0.1) is 12.8 Å². The fraction of sp³-hybridized carbons (Fsp3) is 0.222. The van der Waals surface area contributed by atoms with Crippen LogP contribution in [-0.4, -0.2) is 27.3 Å². The van der Waals surface area contributed by atoms with Crippen LogP contribution in [0.1, 0.15) is 53.4 Å². The molecule has 2 heterocycles. The second-order valence-electron chi connectivity index (χ2n) is 11.1. The lowest BCUT2D eigenvalue weighted by Gasteiger charge is -2.36. The first-order valence-corrected chi connectivity index (χ1v) is 14.3. The van der Waals surface area contributed by atoms with Crippen LogP contribution in [0.3, 0.4) is 0 Å². The second kappa shape index (κ2) is 10.7. The van der Waals surface area contributed by atoms with Gasteiger partial charge < -0.3 is 14.8 Å². The maximum Gasteiger partial charge on any atom is 0.255 e. The minimum absolute atomic E-state index is 0.0720. The highest BCUT2D eigenvalue weighted by Gasteiger charge is 2.47. The van der Waals surface area contributed by atoms with Gasteiger partial charge >= 0.3 is 0 Å². The van der Waals surface area contributed by atoms with E-state index in [1.807, 2.05) is 71.6 Å². The largest absolute Gasteiger partial charge is 0.343 e. The average molecular weight is 542 g/mol. The molecule has 5 nitrogen and oxygen atoms in total. The van der Waals surface area contributed by atoms with Crippen LogP contribution in [0.5, 0.6) is 0 Å². The summed E-state index contributed by atoms with van der Waals surface area (Å²) in [5, 5.41) is 4.19. The molecule has 0 radical (unpaired) electrons. The summed E-state index contributed by atoms with van der Waals surface area (Å²) < 4.78 is 2.22. The molecule has 1 aliphatic heterocycles. The molecule has 0 fully saturated rings. The summed E-state index contributed by atoms with van der Waals surface area (Å²) in [6.07, 6.45) is 0.750. The van der Waals surface area contributed by atoms with Gasteiger partial charge in [-0.15, -0.1) is 0 Å². The molecule has 1 N–H and O–H groups in total. The van der Waals surface area contributed by atoms with Crippen molar-refractivity contribution < 1.29 is 9.59 Å². The molecular formula is C36H35N3O2. The molecule has 0 saturated heterocycles. The van der Waals surface area contributed by atoms with Crippen molar-refractivity contribution in [3.63, 3.8) is 0 Å². The van der Waals surface area contributed by atoms with E-state index in [1.165, 1.54) is 5.56 Å². The number of benzene rings is 4. The van der Waals surface area contributed by atoms with Gasteiger partial charge in [0.05, 0.1) is 11.7 Å². The number of carbonyl (C=O) groups is 2. The van der Waals surface area contributed by atoms with Crippen LogP contribution in [-0.2, 0) is 11.8 Å². The number of aromatic nitrogens is 1. The van der Waals surface area contributed by atoms with Gasteiger partial charge in [-0.2, -0.15) is 0 Å². The van der Waals surface area contributed by atoms with Crippen LogP contribution in [0.25, 0.3) is 22.2 Å². The maximum absolute atomic E-state index is 14.4. The van der Waals surface area contributed by atoms with Gasteiger partial charge in [-0.3, -0.25) is 9.59 Å². The van der Waals surface area contributed by atoms with Gasteiger partial charge in [0.1, 0.15) is 6.04 Å². The summed E-state index contributed by atoms with van der Waals surface area (Å²) >= 11 is 0. The fourth-order valence-corrected chi connectivity index (χ4v) is 6.30. The second-order valence-corrected chi connectivity index (χ2v) is 11.1. The zero-order valence-corrected chi connectivity index (χ0v) is 24.0. The predicted molar refractivity (Wildman–Crippen MR) is 166 cm³/mol. The molecule has 2 amide bonds. The van der Waals surface area contributed by atoms with Crippen molar-refractivity contribution in [3.8, 4) is 11.3 Å². The van der Waals surface area contributed by atoms with Gasteiger partial charge in [0.15, 0.2) is 0 Å². The van der Waals surface area contributed by atoms with Crippen molar-refractivity contribution in [2.45, 2.75) is 39.3 Å². The molecule has 0 spiro atoms. The lowest BCUT2D eigenvalue weighted by molar-refractivity contribution is -0.122. The lowest BCUT2D eigenvalue weighted by atomic mass is 9.90. The number of anilines is 1. The first kappa shape index (κ1) is 26.6. The van der Waals surface area contributed by atoms with Gasteiger partial charge in [0.25, 0.3) is 5.91 Å². The molecule has 6 rings (SSSR count). The quantitative estimate of drug-likeness (QED) is 0.229. The predicted octanol–water partition coefficient (Wildman–Crippen LogP) is 7.75. The molecule has 5 heteroatoms. The zero-order chi connectivity index (χ0) is 28.7. The Morgan fingerprint density at radius 3 is 2.27 bits per heavy atom. The molecule has 1 aliphatic rings. The van der Waals surface area contributed by atoms with Crippen molar-refractivity contribution in [2.75, 3.05) is 5.32 Å². The van der Waals surface area contributed by atoms with Crippen molar-refractivity contribution in [1.29, 1.82) is 0 Å². The Labute approximate surface area is 241 Å². The van der Waals surface area contributed by atoms with Gasteiger partial charge in [-0.25, -0.2) is 0 Å². The van der Waals surface area contributed by atoms with Crippen LogP contribution in [0.15, 0.2) is 103 Å². The monoisotopic (exact) mass is 541 g/mol. The fourth-order valence-electron chi connectivity index (χ4n) is 6.30. The van der Waals surface area contributed by atoms with E-state index in [9.17, 15) is 9.59 Å². The third kappa shape index (κ3) is 4.51. The van der Waals surface area contributed by atoms with E-state index < -0.39 is 12.1 Å². The molecule has 4 aromatic carbocycles. The van der Waals surface area contributed by atoms with Crippen LogP contribution in [0.4, 0.5) is 5.69 Å². The van der Waals surface area contributed by atoms with Crippen LogP contribution in [0.2, 0.25) is 0 Å². The third-order valence-electron chi connectivity index (χ3n) is 8.54. The molecule has 0 saturated carbocycles. The van der Waals surface area contributed by atoms with Crippen molar-refractivity contribution in [2.24, 2.45) is 13.0 Å². The van der Waals surface area contributed by atoms with Crippen molar-refractivity contribution in [3.05, 3.63) is 125 Å². The molecule has 41 heavy (non-hydrogen) atoms. The number of aryl methyl sites for hydroxylation is 2. The summed E-state index contributed by atoms with van der Waals surface area (Å²) in [7, 11) is 2.09. The Bertz CT molecular complexity index is 1740. The number of para-hydroxylation sites is 2. The van der Waals surface area contributed by atoms with E-state index in [0.29, 0.717) is 5.56 Å². The van der Waals surface area contributed by atoms with E-state index in [2.05, 4.69) is 74.1 Å². The number of hydrogen-bond donors (Lipinski definition) is 1. The van der Waals surface area contributed by atoms with Gasteiger partial charge in [0, 0.05) is 34.8 Å². The highest BCUT2D eigenvalue weighted by atomic mass is 16.2. The molecule has 3 unspecified atom stereocenters. The van der Waals surface area contributed by atoms with E-state index in [0.717, 1.165) is 45.4 Å². The van der Waals surface area contributed by atoms with E-state index >= 15 is 0 Å². The summed E-state index contributed by atoms with van der Waals surface area (Å²) in [5.74, 6) is -0.354. The number of fused-ring (bicyclic) bond motifs is 2. The van der Waals surface area contributed by atoms with Crippen molar-refractivity contribution in [1.82, 2.24) is 9.47 Å². The Hall–Kier alpha value is -4.64. The van der Waals surface area contributed by atoms with Crippen LogP contribution >= 0.6 is 0 Å². The summed E-state index contributed by atoms with van der Waals surface area (Å²) in [4.78, 5) is 30.4. The Morgan fingerprint density at radius 2 is 1.54 bits per heavy atom. The Kier molecular flexibility index (Phi) is 6.96. The molecule has 3 atom stereocenters. The number of nitrogens with one attached hydrogen (secondary N) is 1. The average Bonchev–Trinajstić information content (AvgIpc) is 3.44. The van der Waals surface area contributed by atoms with E-state index in [1.54, 1.807) is 0 Å². The number of rotatable bonds is 7. The topological polar surface area (TPSA) is 54.3 Å². The first-order chi connectivity index (χ1) is 19.9. The molecular weight excluding hydrogens is 506 g/mol. The van der Waals surface area contributed by atoms with Gasteiger partial charge in [0.2, 0.25) is 5.91 Å². The highest BCUT2D eigenvalue weighted by Crippen LogP contribution is 2.48. The van der Waals surface area contributed by atoms with Gasteiger partial charge in [-0.05, 0) is 48.2 Å². The Balaban J connectivity index is 1.60. The molecule has 5 aromatic rings. The summed E-state index contributed by atoms with van der Waals surface area (Å²) in [5.41, 5.74) is 7.76. The molecule has 0 aliphatic carbocycles. The summed E-state index contributed by atoms with van der Waals surface area (Å²) in [6, 6.07) is 33.1. The molecule has 1 aromatic heterocycles. The number of amides is 2. The SMILES string of the molecule is CCC(C)C(C(=O)Nc1ccccc1)N1C(=O)c2ccccc2C1c1c(-c2ccc(C)cc2)n(C)c2ccccc12. The highest BCUT2D eigenvalue weighted by molar-refractivity contribution is 6.06. The minimum atomic E-state index is -0.671. The van der Waals surface area contributed by atoms with E-state index in [4.69, 9.17) is 0 Å².